The van der Waals surface area contributed by atoms with Crippen LogP contribution in [0.15, 0.2) is 47.4 Å². The molecule has 7 nitrogen and oxygen atoms in total. The van der Waals surface area contributed by atoms with Crippen LogP contribution in [0.3, 0.4) is 0 Å². The number of hydrogen-bond acceptors (Lipinski definition) is 5. The number of carbonyl (C=O) groups excluding carboxylic acids is 2. The van der Waals surface area contributed by atoms with Gasteiger partial charge < -0.3 is 9.64 Å². The van der Waals surface area contributed by atoms with Crippen molar-refractivity contribution in [3.05, 3.63) is 59.2 Å². The number of sulfonamides is 1. The number of carbonyl (C=O) groups is 2. The molecule has 0 atom stereocenters. The monoisotopic (exact) mass is 428 g/mol. The minimum Gasteiger partial charge on any atom is -0.465 e. The van der Waals surface area contributed by atoms with Gasteiger partial charge in [0.15, 0.2) is 0 Å². The fourth-order valence-electron chi connectivity index (χ4n) is 4.06. The average molecular weight is 429 g/mol. The molecule has 0 aliphatic carbocycles. The SMILES string of the molecule is COC(=O)c1cccc(C(=O)N2CCc3cc(S(=O)(=O)N4CCCCC4)ccc32)c1. The quantitative estimate of drug-likeness (QED) is 0.700. The number of piperidine rings is 1. The summed E-state index contributed by atoms with van der Waals surface area (Å²) in [4.78, 5) is 26.7. The van der Waals surface area contributed by atoms with Crippen LogP contribution in [0.25, 0.3) is 0 Å². The third-order valence-electron chi connectivity index (χ3n) is 5.68. The number of ether oxygens (including phenoxy) is 1. The number of rotatable bonds is 4. The van der Waals surface area contributed by atoms with Gasteiger partial charge in [-0.3, -0.25) is 4.79 Å². The standard InChI is InChI=1S/C22H24N2O5S/c1-29-22(26)18-7-5-6-17(14-18)21(25)24-13-10-16-15-19(8-9-20(16)24)30(27,28)23-11-3-2-4-12-23/h5-9,14-15H,2-4,10-13H2,1H3. The fraction of sp³-hybridized carbons (Fsp3) is 0.364. The summed E-state index contributed by atoms with van der Waals surface area (Å²) in [5, 5.41) is 0. The van der Waals surface area contributed by atoms with Crippen molar-refractivity contribution in [3.8, 4) is 0 Å². The average Bonchev–Trinajstić information content (AvgIpc) is 3.22. The van der Waals surface area contributed by atoms with Crippen LogP contribution in [0.5, 0.6) is 0 Å². The molecule has 2 aliphatic heterocycles. The maximum Gasteiger partial charge on any atom is 0.337 e. The van der Waals surface area contributed by atoms with Gasteiger partial charge in [-0.05, 0) is 61.2 Å². The molecule has 0 aromatic heterocycles. The smallest absolute Gasteiger partial charge is 0.337 e. The van der Waals surface area contributed by atoms with Gasteiger partial charge in [0, 0.05) is 30.9 Å². The van der Waals surface area contributed by atoms with Crippen LogP contribution in [0.2, 0.25) is 0 Å². The van der Waals surface area contributed by atoms with E-state index in [4.69, 9.17) is 4.74 Å². The van der Waals surface area contributed by atoms with Gasteiger partial charge in [0.25, 0.3) is 5.91 Å². The van der Waals surface area contributed by atoms with E-state index in [-0.39, 0.29) is 10.8 Å². The lowest BCUT2D eigenvalue weighted by Crippen LogP contribution is -2.35. The number of esters is 1. The third-order valence-corrected chi connectivity index (χ3v) is 7.57. The van der Waals surface area contributed by atoms with Crippen molar-refractivity contribution >= 4 is 27.6 Å². The molecule has 2 heterocycles. The number of benzene rings is 2. The van der Waals surface area contributed by atoms with Crippen LogP contribution in [0, 0.1) is 0 Å². The molecule has 0 saturated carbocycles. The van der Waals surface area contributed by atoms with Gasteiger partial charge in [-0.25, -0.2) is 13.2 Å². The van der Waals surface area contributed by atoms with Crippen LogP contribution in [-0.2, 0) is 21.2 Å². The predicted octanol–water partition coefficient (Wildman–Crippen LogP) is 2.85. The first kappa shape index (κ1) is 20.6. The summed E-state index contributed by atoms with van der Waals surface area (Å²) in [5.74, 6) is -0.731. The molecule has 30 heavy (non-hydrogen) atoms. The molecule has 1 amide bonds. The number of amides is 1. The van der Waals surface area contributed by atoms with Crippen LogP contribution in [-0.4, -0.2) is 51.3 Å². The maximum atomic E-state index is 13.0. The molecule has 1 saturated heterocycles. The van der Waals surface area contributed by atoms with Gasteiger partial charge in [0.2, 0.25) is 10.0 Å². The van der Waals surface area contributed by atoms with E-state index in [0.717, 1.165) is 24.8 Å². The van der Waals surface area contributed by atoms with E-state index >= 15 is 0 Å². The molecular weight excluding hydrogens is 404 g/mol. The van der Waals surface area contributed by atoms with Crippen molar-refractivity contribution in [2.75, 3.05) is 31.6 Å². The second kappa shape index (κ2) is 8.20. The first-order valence-electron chi connectivity index (χ1n) is 10.0. The molecule has 0 radical (unpaired) electrons. The van der Waals surface area contributed by atoms with Crippen molar-refractivity contribution in [2.24, 2.45) is 0 Å². The van der Waals surface area contributed by atoms with Crippen LogP contribution in [0.1, 0.15) is 45.5 Å². The lowest BCUT2D eigenvalue weighted by Gasteiger charge is -2.26. The topological polar surface area (TPSA) is 84.0 Å². The zero-order valence-corrected chi connectivity index (χ0v) is 17.7. The highest BCUT2D eigenvalue weighted by molar-refractivity contribution is 7.89. The van der Waals surface area contributed by atoms with Crippen LogP contribution < -0.4 is 4.90 Å². The molecule has 4 rings (SSSR count). The summed E-state index contributed by atoms with van der Waals surface area (Å²) >= 11 is 0. The Balaban J connectivity index is 1.59. The Kier molecular flexibility index (Phi) is 5.62. The molecule has 2 aromatic carbocycles. The van der Waals surface area contributed by atoms with Crippen molar-refractivity contribution in [1.29, 1.82) is 0 Å². The largest absolute Gasteiger partial charge is 0.465 e. The molecule has 158 valence electrons. The van der Waals surface area contributed by atoms with E-state index in [9.17, 15) is 18.0 Å². The number of anilines is 1. The lowest BCUT2D eigenvalue weighted by atomic mass is 10.1. The van der Waals surface area contributed by atoms with Gasteiger partial charge in [-0.1, -0.05) is 12.5 Å². The van der Waals surface area contributed by atoms with Crippen LogP contribution >= 0.6 is 0 Å². The molecule has 2 aliphatic rings. The molecular formula is C22H24N2O5S. The second-order valence-electron chi connectivity index (χ2n) is 7.53. The number of nitrogens with zero attached hydrogens (tertiary/aromatic N) is 2. The molecule has 0 spiro atoms. The normalized spacial score (nSPS) is 16.9. The van der Waals surface area contributed by atoms with Crippen molar-refractivity contribution in [3.63, 3.8) is 0 Å². The Morgan fingerprint density at radius 3 is 2.40 bits per heavy atom. The Morgan fingerprint density at radius 1 is 0.933 bits per heavy atom. The van der Waals surface area contributed by atoms with E-state index in [1.54, 1.807) is 45.6 Å². The number of fused-ring (bicyclic) bond motifs is 1. The Bertz CT molecular complexity index is 1090. The zero-order chi connectivity index (χ0) is 21.3. The Morgan fingerprint density at radius 2 is 1.67 bits per heavy atom. The minimum atomic E-state index is -3.51. The van der Waals surface area contributed by atoms with E-state index in [1.165, 1.54) is 13.2 Å². The Hall–Kier alpha value is -2.71. The maximum absolute atomic E-state index is 13.0. The highest BCUT2D eigenvalue weighted by Crippen LogP contribution is 2.32. The van der Waals surface area contributed by atoms with Gasteiger partial charge in [-0.2, -0.15) is 4.31 Å². The molecule has 2 aromatic rings. The van der Waals surface area contributed by atoms with Crippen molar-refractivity contribution < 1.29 is 22.7 Å². The fourth-order valence-corrected chi connectivity index (χ4v) is 5.63. The van der Waals surface area contributed by atoms with E-state index in [2.05, 4.69) is 0 Å². The molecule has 0 bridgehead atoms. The van der Waals surface area contributed by atoms with Gasteiger partial charge in [0.1, 0.15) is 0 Å². The lowest BCUT2D eigenvalue weighted by molar-refractivity contribution is 0.0600. The first-order valence-corrected chi connectivity index (χ1v) is 11.5. The summed E-state index contributed by atoms with van der Waals surface area (Å²) in [5.41, 5.74) is 2.24. The van der Waals surface area contributed by atoms with Gasteiger partial charge in [0.05, 0.1) is 17.6 Å². The summed E-state index contributed by atoms with van der Waals surface area (Å²) in [7, 11) is -2.22. The summed E-state index contributed by atoms with van der Waals surface area (Å²) in [6.07, 6.45) is 3.42. The Labute approximate surface area is 176 Å². The van der Waals surface area contributed by atoms with Crippen LogP contribution in [0.4, 0.5) is 5.69 Å². The van der Waals surface area contributed by atoms with E-state index < -0.39 is 16.0 Å². The van der Waals surface area contributed by atoms with Gasteiger partial charge >= 0.3 is 5.97 Å². The minimum absolute atomic E-state index is 0.230. The zero-order valence-electron chi connectivity index (χ0n) is 16.8. The third kappa shape index (κ3) is 3.73. The highest BCUT2D eigenvalue weighted by atomic mass is 32.2. The summed E-state index contributed by atoms with van der Waals surface area (Å²) < 4.78 is 32.2. The highest BCUT2D eigenvalue weighted by Gasteiger charge is 2.30. The number of methoxy groups -OCH3 is 1. The predicted molar refractivity (Wildman–Crippen MR) is 112 cm³/mol. The van der Waals surface area contributed by atoms with E-state index in [1.807, 2.05) is 0 Å². The second-order valence-corrected chi connectivity index (χ2v) is 9.47. The van der Waals surface area contributed by atoms with Crippen molar-refractivity contribution in [2.45, 2.75) is 30.6 Å². The first-order chi connectivity index (χ1) is 14.4. The van der Waals surface area contributed by atoms with Gasteiger partial charge in [-0.15, -0.1) is 0 Å². The van der Waals surface area contributed by atoms with Crippen molar-refractivity contribution in [1.82, 2.24) is 4.31 Å². The summed E-state index contributed by atoms with van der Waals surface area (Å²) in [6, 6.07) is 11.4. The summed E-state index contributed by atoms with van der Waals surface area (Å²) in [6.45, 7) is 1.57. The van der Waals surface area contributed by atoms with E-state index in [0.29, 0.717) is 42.9 Å². The molecule has 1 fully saturated rings. The molecule has 0 unspecified atom stereocenters. The number of hydrogen-bond donors (Lipinski definition) is 0. The molecule has 0 N–H and O–H groups in total. The molecule has 8 heteroatoms.